The van der Waals surface area contributed by atoms with Gasteiger partial charge in [0.25, 0.3) is 10.0 Å². The molecule has 11 heteroatoms. The molecule has 0 spiro atoms. The molecule has 0 aromatic heterocycles. The van der Waals surface area contributed by atoms with Gasteiger partial charge in [-0.2, -0.15) is 0 Å². The van der Waals surface area contributed by atoms with E-state index in [0.717, 1.165) is 42.0 Å². The van der Waals surface area contributed by atoms with Crippen molar-refractivity contribution in [3.8, 4) is 5.75 Å². The summed E-state index contributed by atoms with van der Waals surface area (Å²) in [5, 5.41) is 3.83. The maximum absolute atomic E-state index is 14.4. The molecule has 0 radical (unpaired) electrons. The predicted octanol–water partition coefficient (Wildman–Crippen LogP) is 7.15. The Kier molecular flexibility index (Phi) is 12.2. The van der Waals surface area contributed by atoms with Crippen molar-refractivity contribution < 1.29 is 22.7 Å². The van der Waals surface area contributed by atoms with Crippen LogP contribution in [0.1, 0.15) is 63.5 Å². The Bertz CT molecular complexity index is 1580. The summed E-state index contributed by atoms with van der Waals surface area (Å²) in [4.78, 5) is 29.6. The van der Waals surface area contributed by atoms with Crippen LogP contribution in [0.15, 0.2) is 71.6 Å². The monoisotopic (exact) mass is 673 g/mol. The van der Waals surface area contributed by atoms with Crippen molar-refractivity contribution in [2.75, 3.05) is 17.5 Å². The average molecular weight is 675 g/mol. The first-order valence-corrected chi connectivity index (χ1v) is 17.6. The van der Waals surface area contributed by atoms with Crippen LogP contribution in [0.2, 0.25) is 10.0 Å². The Morgan fingerprint density at radius 1 is 0.956 bits per heavy atom. The third-order valence-electron chi connectivity index (χ3n) is 8.00. The summed E-state index contributed by atoms with van der Waals surface area (Å²) in [6.07, 6.45) is 5.32. The van der Waals surface area contributed by atoms with Gasteiger partial charge in [0.1, 0.15) is 18.3 Å². The summed E-state index contributed by atoms with van der Waals surface area (Å²) >= 11 is 12.5. The second-order valence-electron chi connectivity index (χ2n) is 11.3. The Morgan fingerprint density at radius 3 is 2.29 bits per heavy atom. The van der Waals surface area contributed by atoms with Gasteiger partial charge in [-0.1, -0.05) is 85.3 Å². The zero-order valence-corrected chi connectivity index (χ0v) is 28.3. The molecule has 8 nitrogen and oxygen atoms in total. The van der Waals surface area contributed by atoms with Crippen LogP contribution in [0.4, 0.5) is 5.69 Å². The van der Waals surface area contributed by atoms with Gasteiger partial charge in [0.2, 0.25) is 11.8 Å². The Hall–Kier alpha value is -3.27. The lowest BCUT2D eigenvalue weighted by molar-refractivity contribution is -0.140. The molecule has 0 bridgehead atoms. The Labute approximate surface area is 276 Å². The van der Waals surface area contributed by atoms with E-state index in [1.807, 2.05) is 13.8 Å². The van der Waals surface area contributed by atoms with Crippen molar-refractivity contribution in [1.29, 1.82) is 0 Å². The molecule has 1 saturated carbocycles. The SMILES string of the molecule is CCOc1ccccc1N(CC(=O)N(Cc1ccc(Cl)c(Cl)c1)C(CC)C(=O)NC1CCCCC1)S(=O)(=O)c1ccc(C)cc1. The van der Waals surface area contributed by atoms with Crippen LogP contribution >= 0.6 is 23.2 Å². The number of rotatable bonds is 13. The molecule has 4 rings (SSSR count). The molecule has 1 aliphatic carbocycles. The zero-order chi connectivity index (χ0) is 32.6. The summed E-state index contributed by atoms with van der Waals surface area (Å²) in [6.45, 7) is 5.27. The molecule has 242 valence electrons. The number of carbonyl (C=O) groups is 2. The molecule has 3 aromatic rings. The number of carbonyl (C=O) groups excluding carboxylic acids is 2. The van der Waals surface area contributed by atoms with Gasteiger partial charge in [0.05, 0.1) is 27.2 Å². The quantitative estimate of drug-likeness (QED) is 0.208. The number of amides is 2. The van der Waals surface area contributed by atoms with E-state index in [0.29, 0.717) is 34.4 Å². The molecule has 1 N–H and O–H groups in total. The maximum atomic E-state index is 14.4. The van der Waals surface area contributed by atoms with Crippen molar-refractivity contribution in [3.05, 3.63) is 87.9 Å². The molecule has 0 heterocycles. The van der Waals surface area contributed by atoms with Crippen LogP contribution in [0.25, 0.3) is 0 Å². The minimum atomic E-state index is -4.23. The van der Waals surface area contributed by atoms with Crippen LogP contribution in [0.5, 0.6) is 5.75 Å². The molecule has 2 amide bonds. The number of benzene rings is 3. The normalized spacial score (nSPS) is 14.4. The summed E-state index contributed by atoms with van der Waals surface area (Å²) < 4.78 is 35.3. The minimum absolute atomic E-state index is 0.0256. The number of anilines is 1. The van der Waals surface area contributed by atoms with Crippen LogP contribution in [-0.4, -0.2) is 50.4 Å². The van der Waals surface area contributed by atoms with Gasteiger partial charge in [0, 0.05) is 12.6 Å². The first-order valence-electron chi connectivity index (χ1n) is 15.4. The van der Waals surface area contributed by atoms with Gasteiger partial charge in [-0.3, -0.25) is 13.9 Å². The van der Waals surface area contributed by atoms with Crippen molar-refractivity contribution >= 4 is 50.7 Å². The largest absolute Gasteiger partial charge is 0.492 e. The smallest absolute Gasteiger partial charge is 0.264 e. The van der Waals surface area contributed by atoms with Crippen molar-refractivity contribution in [3.63, 3.8) is 0 Å². The number of sulfonamides is 1. The number of hydrogen-bond acceptors (Lipinski definition) is 5. The highest BCUT2D eigenvalue weighted by Crippen LogP contribution is 2.33. The highest BCUT2D eigenvalue weighted by molar-refractivity contribution is 7.92. The molecule has 0 aliphatic heterocycles. The average Bonchev–Trinajstić information content (AvgIpc) is 3.02. The fourth-order valence-corrected chi connectivity index (χ4v) is 7.34. The zero-order valence-electron chi connectivity index (χ0n) is 26.0. The molecule has 3 aromatic carbocycles. The lowest BCUT2D eigenvalue weighted by Gasteiger charge is -2.34. The number of nitrogens with one attached hydrogen (secondary N) is 1. The molecule has 1 fully saturated rings. The van der Waals surface area contributed by atoms with E-state index in [9.17, 15) is 18.0 Å². The number of ether oxygens (including phenoxy) is 1. The van der Waals surface area contributed by atoms with E-state index in [-0.39, 0.29) is 29.1 Å². The fraction of sp³-hybridized carbons (Fsp3) is 0.412. The van der Waals surface area contributed by atoms with Gasteiger partial charge in [-0.05, 0) is 75.1 Å². The highest BCUT2D eigenvalue weighted by Gasteiger charge is 2.35. The predicted molar refractivity (Wildman–Crippen MR) is 179 cm³/mol. The Morgan fingerprint density at radius 2 is 1.64 bits per heavy atom. The van der Waals surface area contributed by atoms with Gasteiger partial charge in [-0.15, -0.1) is 0 Å². The maximum Gasteiger partial charge on any atom is 0.264 e. The van der Waals surface area contributed by atoms with Gasteiger partial charge >= 0.3 is 0 Å². The molecule has 1 atom stereocenters. The van der Waals surface area contributed by atoms with Crippen LogP contribution in [-0.2, 0) is 26.2 Å². The van der Waals surface area contributed by atoms with Crippen LogP contribution in [0.3, 0.4) is 0 Å². The number of hydrogen-bond donors (Lipinski definition) is 1. The van der Waals surface area contributed by atoms with Crippen LogP contribution in [0, 0.1) is 6.92 Å². The number of aryl methyl sites for hydroxylation is 1. The third-order valence-corrected chi connectivity index (χ3v) is 10.5. The third kappa shape index (κ3) is 8.71. The standard InChI is InChI=1S/C34H41Cl2N3O5S/c1-4-30(34(41)37-26-11-7-6-8-12-26)38(22-25-17-20-28(35)29(36)21-25)33(40)23-39(31-13-9-10-14-32(31)44-5-2)45(42,43)27-18-15-24(3)16-19-27/h9-10,13-21,26,30H,4-8,11-12,22-23H2,1-3H3,(H,37,41). The van der Waals surface area contributed by atoms with Crippen molar-refractivity contribution in [2.24, 2.45) is 0 Å². The lowest BCUT2D eigenvalue weighted by Crippen LogP contribution is -2.54. The second kappa shape index (κ2) is 15.8. The first-order chi connectivity index (χ1) is 21.5. The van der Waals surface area contributed by atoms with E-state index in [1.54, 1.807) is 61.5 Å². The van der Waals surface area contributed by atoms with Gasteiger partial charge < -0.3 is 15.0 Å². The fourth-order valence-electron chi connectivity index (χ4n) is 5.59. The molecule has 1 aliphatic rings. The van der Waals surface area contributed by atoms with E-state index in [1.165, 1.54) is 17.0 Å². The topological polar surface area (TPSA) is 96.0 Å². The minimum Gasteiger partial charge on any atom is -0.492 e. The molecule has 0 saturated heterocycles. The number of halogens is 2. The number of para-hydroxylation sites is 2. The van der Waals surface area contributed by atoms with Crippen LogP contribution < -0.4 is 14.4 Å². The summed E-state index contributed by atoms with van der Waals surface area (Å²) in [5.74, 6) is -0.490. The Balaban J connectivity index is 1.76. The summed E-state index contributed by atoms with van der Waals surface area (Å²) in [6, 6.07) is 17.4. The van der Waals surface area contributed by atoms with E-state index in [4.69, 9.17) is 27.9 Å². The molecule has 1 unspecified atom stereocenters. The second-order valence-corrected chi connectivity index (χ2v) is 13.9. The number of nitrogens with zero attached hydrogens (tertiary/aromatic N) is 2. The van der Waals surface area contributed by atoms with E-state index >= 15 is 0 Å². The van der Waals surface area contributed by atoms with E-state index in [2.05, 4.69) is 5.32 Å². The van der Waals surface area contributed by atoms with E-state index < -0.39 is 28.5 Å². The molecule has 45 heavy (non-hydrogen) atoms. The molecular weight excluding hydrogens is 633 g/mol. The lowest BCUT2D eigenvalue weighted by atomic mass is 9.95. The van der Waals surface area contributed by atoms with Crippen molar-refractivity contribution in [1.82, 2.24) is 10.2 Å². The summed E-state index contributed by atoms with van der Waals surface area (Å²) in [5.41, 5.74) is 1.78. The first kappa shape index (κ1) is 34.6. The van der Waals surface area contributed by atoms with Gasteiger partial charge in [0.15, 0.2) is 0 Å². The summed E-state index contributed by atoms with van der Waals surface area (Å²) in [7, 11) is -4.23. The highest BCUT2D eigenvalue weighted by atomic mass is 35.5. The molecular formula is C34H41Cl2N3O5S. The van der Waals surface area contributed by atoms with Gasteiger partial charge in [-0.25, -0.2) is 8.42 Å². The van der Waals surface area contributed by atoms with Crippen molar-refractivity contribution in [2.45, 2.75) is 82.8 Å².